The van der Waals surface area contributed by atoms with Gasteiger partial charge in [0.2, 0.25) is 0 Å². The third-order valence-corrected chi connectivity index (χ3v) is 4.99. The van der Waals surface area contributed by atoms with Crippen molar-refractivity contribution in [1.29, 1.82) is 0 Å². The summed E-state index contributed by atoms with van der Waals surface area (Å²) < 4.78 is 20.2. The van der Waals surface area contributed by atoms with Gasteiger partial charge in [-0.3, -0.25) is 4.79 Å². The molecule has 2 aromatic heterocycles. The number of rotatable bonds is 4. The van der Waals surface area contributed by atoms with Crippen LogP contribution in [0.25, 0.3) is 11.6 Å². The molecule has 0 saturated carbocycles. The molecule has 0 spiro atoms. The Morgan fingerprint density at radius 2 is 2.21 bits per heavy atom. The van der Waals surface area contributed by atoms with Gasteiger partial charge in [0.05, 0.1) is 22.8 Å². The van der Waals surface area contributed by atoms with Gasteiger partial charge in [-0.15, -0.1) is 5.10 Å². The minimum atomic E-state index is -0.474. The molecule has 1 aliphatic heterocycles. The molecule has 28 heavy (non-hydrogen) atoms. The number of amides is 1. The molecule has 3 heterocycles. The van der Waals surface area contributed by atoms with Gasteiger partial charge in [-0.1, -0.05) is 35.8 Å². The van der Waals surface area contributed by atoms with Gasteiger partial charge in [-0.05, 0) is 24.6 Å². The number of nitrogens with zero attached hydrogens (tertiary/aromatic N) is 6. The molecule has 1 aromatic carbocycles. The van der Waals surface area contributed by atoms with Crippen LogP contribution in [-0.2, 0) is 0 Å². The van der Waals surface area contributed by atoms with Crippen molar-refractivity contribution in [3.8, 4) is 11.6 Å². The summed E-state index contributed by atoms with van der Waals surface area (Å²) in [5.41, 5.74) is 0.779. The summed E-state index contributed by atoms with van der Waals surface area (Å²) in [5.74, 6) is 0.376. The summed E-state index contributed by atoms with van der Waals surface area (Å²) >= 11 is 6.01. The van der Waals surface area contributed by atoms with Gasteiger partial charge in [-0.2, -0.15) is 4.98 Å². The van der Waals surface area contributed by atoms with E-state index in [-0.39, 0.29) is 28.5 Å². The molecule has 1 fully saturated rings. The second kappa shape index (κ2) is 7.31. The highest BCUT2D eigenvalue weighted by atomic mass is 35.5. The molecule has 0 aliphatic carbocycles. The number of carbonyl (C=O) groups excluding carboxylic acids is 1. The molecule has 1 unspecified atom stereocenters. The van der Waals surface area contributed by atoms with Crippen LogP contribution < -0.4 is 0 Å². The van der Waals surface area contributed by atoms with Crippen LogP contribution in [0.2, 0.25) is 5.02 Å². The molecule has 8 nitrogen and oxygen atoms in total. The van der Waals surface area contributed by atoms with E-state index in [1.807, 2.05) is 13.8 Å². The molecule has 1 amide bonds. The lowest BCUT2D eigenvalue weighted by Gasteiger charge is -2.17. The van der Waals surface area contributed by atoms with E-state index in [1.165, 1.54) is 12.1 Å². The Morgan fingerprint density at radius 3 is 2.93 bits per heavy atom. The zero-order valence-corrected chi connectivity index (χ0v) is 16.1. The molecule has 146 valence electrons. The standard InChI is InChI=1S/C18H18ClFN6O2/c1-10(2)16-21-17(28-23-16)15-9-26(24-22-15)12-5-6-25(8-12)18(27)13-4-3-11(20)7-14(13)19/h3-4,7,9-10,12H,5-6,8H2,1-2H3. The van der Waals surface area contributed by atoms with Crippen LogP contribution in [0.4, 0.5) is 4.39 Å². The highest BCUT2D eigenvalue weighted by Gasteiger charge is 2.30. The first-order valence-corrected chi connectivity index (χ1v) is 9.30. The highest BCUT2D eigenvalue weighted by molar-refractivity contribution is 6.33. The first-order valence-electron chi connectivity index (χ1n) is 8.92. The number of likely N-dealkylation sites (tertiary alicyclic amines) is 1. The summed E-state index contributed by atoms with van der Waals surface area (Å²) in [4.78, 5) is 18.7. The average Bonchev–Trinajstić information content (AvgIpc) is 3.39. The van der Waals surface area contributed by atoms with Gasteiger partial charge in [-0.25, -0.2) is 9.07 Å². The minimum Gasteiger partial charge on any atom is -0.336 e. The SMILES string of the molecule is CC(C)c1noc(-c2cn(C3CCN(C(=O)c4ccc(F)cc4Cl)C3)nn2)n1. The quantitative estimate of drug-likeness (QED) is 0.662. The smallest absolute Gasteiger partial charge is 0.280 e. The van der Waals surface area contributed by atoms with Gasteiger partial charge in [0.15, 0.2) is 11.5 Å². The maximum absolute atomic E-state index is 13.2. The normalized spacial score (nSPS) is 16.9. The van der Waals surface area contributed by atoms with Crippen LogP contribution in [0, 0.1) is 5.82 Å². The van der Waals surface area contributed by atoms with E-state index in [1.54, 1.807) is 15.8 Å². The maximum Gasteiger partial charge on any atom is 0.280 e. The van der Waals surface area contributed by atoms with Crippen molar-refractivity contribution in [3.63, 3.8) is 0 Å². The van der Waals surface area contributed by atoms with Gasteiger partial charge in [0, 0.05) is 19.0 Å². The van der Waals surface area contributed by atoms with E-state index in [9.17, 15) is 9.18 Å². The van der Waals surface area contributed by atoms with E-state index in [0.717, 1.165) is 6.07 Å². The predicted molar refractivity (Wildman–Crippen MR) is 98.4 cm³/mol. The second-order valence-electron chi connectivity index (χ2n) is 7.01. The summed E-state index contributed by atoms with van der Waals surface area (Å²) in [7, 11) is 0. The Bertz CT molecular complexity index is 1020. The molecule has 1 saturated heterocycles. The molecule has 10 heteroatoms. The van der Waals surface area contributed by atoms with Gasteiger partial charge in [0.25, 0.3) is 11.8 Å². The van der Waals surface area contributed by atoms with Gasteiger partial charge >= 0.3 is 0 Å². The van der Waals surface area contributed by atoms with E-state index >= 15 is 0 Å². The van der Waals surface area contributed by atoms with Crippen LogP contribution in [0.3, 0.4) is 0 Å². The van der Waals surface area contributed by atoms with Crippen LogP contribution in [-0.4, -0.2) is 49.0 Å². The monoisotopic (exact) mass is 404 g/mol. The van der Waals surface area contributed by atoms with Gasteiger partial charge < -0.3 is 9.42 Å². The van der Waals surface area contributed by atoms with E-state index in [4.69, 9.17) is 16.1 Å². The maximum atomic E-state index is 13.2. The largest absolute Gasteiger partial charge is 0.336 e. The summed E-state index contributed by atoms with van der Waals surface area (Å²) in [5, 5.41) is 12.3. The number of aromatic nitrogens is 5. The average molecular weight is 405 g/mol. The van der Waals surface area contributed by atoms with Crippen molar-refractivity contribution in [1.82, 2.24) is 30.0 Å². The lowest BCUT2D eigenvalue weighted by atomic mass is 10.2. The van der Waals surface area contributed by atoms with E-state index in [0.29, 0.717) is 36.9 Å². The fourth-order valence-electron chi connectivity index (χ4n) is 3.10. The molecule has 1 atom stereocenters. The molecule has 0 N–H and O–H groups in total. The van der Waals surface area contributed by atoms with Crippen molar-refractivity contribution in [2.24, 2.45) is 0 Å². The summed E-state index contributed by atoms with van der Waals surface area (Å²) in [6.45, 7) is 4.95. The number of hydrogen-bond acceptors (Lipinski definition) is 6. The zero-order valence-electron chi connectivity index (χ0n) is 15.3. The van der Waals surface area contributed by atoms with Crippen molar-refractivity contribution in [3.05, 3.63) is 46.6 Å². The number of halogens is 2. The van der Waals surface area contributed by atoms with Gasteiger partial charge in [0.1, 0.15) is 5.82 Å². The highest BCUT2D eigenvalue weighted by Crippen LogP contribution is 2.27. The summed E-state index contributed by atoms with van der Waals surface area (Å²) in [6.07, 6.45) is 2.45. The fourth-order valence-corrected chi connectivity index (χ4v) is 3.35. The summed E-state index contributed by atoms with van der Waals surface area (Å²) in [6, 6.07) is 3.74. The van der Waals surface area contributed by atoms with Crippen molar-refractivity contribution >= 4 is 17.5 Å². The minimum absolute atomic E-state index is 0.0306. The Balaban J connectivity index is 1.47. The first kappa shape index (κ1) is 18.5. The molecule has 0 radical (unpaired) electrons. The molecular weight excluding hydrogens is 387 g/mol. The Labute approximate surface area is 165 Å². The lowest BCUT2D eigenvalue weighted by Crippen LogP contribution is -2.29. The Morgan fingerprint density at radius 1 is 1.39 bits per heavy atom. The molecular formula is C18H18ClFN6O2. The zero-order chi connectivity index (χ0) is 19.8. The Hall–Kier alpha value is -2.81. The molecule has 4 rings (SSSR count). The van der Waals surface area contributed by atoms with E-state index < -0.39 is 5.82 Å². The predicted octanol–water partition coefficient (Wildman–Crippen LogP) is 3.33. The third kappa shape index (κ3) is 3.49. The van der Waals surface area contributed by atoms with Crippen LogP contribution >= 0.6 is 11.6 Å². The lowest BCUT2D eigenvalue weighted by molar-refractivity contribution is 0.0787. The first-order chi connectivity index (χ1) is 13.4. The Kier molecular flexibility index (Phi) is 4.84. The number of benzene rings is 1. The molecule has 1 aliphatic rings. The van der Waals surface area contributed by atoms with Crippen molar-refractivity contribution in [2.45, 2.75) is 32.2 Å². The number of hydrogen-bond donors (Lipinski definition) is 0. The van der Waals surface area contributed by atoms with Crippen LogP contribution in [0.1, 0.15) is 48.4 Å². The van der Waals surface area contributed by atoms with Crippen molar-refractivity contribution in [2.75, 3.05) is 13.1 Å². The second-order valence-corrected chi connectivity index (χ2v) is 7.42. The van der Waals surface area contributed by atoms with E-state index in [2.05, 4.69) is 20.5 Å². The van der Waals surface area contributed by atoms with Crippen molar-refractivity contribution < 1.29 is 13.7 Å². The topological polar surface area (TPSA) is 89.9 Å². The van der Waals surface area contributed by atoms with Crippen LogP contribution in [0.5, 0.6) is 0 Å². The number of carbonyl (C=O) groups is 1. The van der Waals surface area contributed by atoms with Crippen LogP contribution in [0.15, 0.2) is 28.9 Å². The molecule has 3 aromatic rings. The molecule has 0 bridgehead atoms. The third-order valence-electron chi connectivity index (χ3n) is 4.67. The fraction of sp³-hybridized carbons (Fsp3) is 0.389.